The second-order valence-electron chi connectivity index (χ2n) is 5.22. The largest absolute Gasteiger partial charge is 0.493 e. The van der Waals surface area contributed by atoms with E-state index in [0.717, 1.165) is 49.7 Å². The average Bonchev–Trinajstić information content (AvgIpc) is 2.45. The normalized spacial score (nSPS) is 23.1. The summed E-state index contributed by atoms with van der Waals surface area (Å²) in [6, 6.07) is 5.95. The van der Waals surface area contributed by atoms with Gasteiger partial charge in [-0.1, -0.05) is 12.1 Å². The molecule has 0 radical (unpaired) electrons. The summed E-state index contributed by atoms with van der Waals surface area (Å²) in [5, 5.41) is 3.58. The molecule has 0 aliphatic carbocycles. The highest BCUT2D eigenvalue weighted by Gasteiger charge is 2.27. The topological polar surface area (TPSA) is 39.7 Å². The smallest absolute Gasteiger partial charge is 0.165 e. The van der Waals surface area contributed by atoms with Crippen molar-refractivity contribution in [1.29, 1.82) is 0 Å². The Bertz CT molecular complexity index is 414. The number of methoxy groups -OCH3 is 2. The molecule has 0 saturated carbocycles. The van der Waals surface area contributed by atoms with Gasteiger partial charge in [-0.05, 0) is 25.8 Å². The second-order valence-corrected chi connectivity index (χ2v) is 5.22. The fraction of sp³-hybridized carbons (Fsp3) is 0.600. The van der Waals surface area contributed by atoms with Crippen molar-refractivity contribution in [3.63, 3.8) is 0 Å². The summed E-state index contributed by atoms with van der Waals surface area (Å²) >= 11 is 0. The van der Waals surface area contributed by atoms with E-state index in [2.05, 4.69) is 18.3 Å². The van der Waals surface area contributed by atoms with Crippen LogP contribution < -0.4 is 14.8 Å². The highest BCUT2D eigenvalue weighted by molar-refractivity contribution is 5.46. The summed E-state index contributed by atoms with van der Waals surface area (Å²) in [7, 11) is 3.33. The molecule has 0 spiro atoms. The van der Waals surface area contributed by atoms with E-state index >= 15 is 0 Å². The van der Waals surface area contributed by atoms with E-state index in [9.17, 15) is 0 Å². The minimum absolute atomic E-state index is 0.0480. The molecule has 1 unspecified atom stereocenters. The Morgan fingerprint density at radius 2 is 2.16 bits per heavy atom. The van der Waals surface area contributed by atoms with Gasteiger partial charge < -0.3 is 19.5 Å². The van der Waals surface area contributed by atoms with Gasteiger partial charge in [0.25, 0.3) is 0 Å². The Balaban J connectivity index is 2.06. The van der Waals surface area contributed by atoms with Crippen molar-refractivity contribution in [2.24, 2.45) is 0 Å². The third-order valence-corrected chi connectivity index (χ3v) is 3.63. The summed E-state index contributed by atoms with van der Waals surface area (Å²) in [5.41, 5.74) is 1.15. The lowest BCUT2D eigenvalue weighted by molar-refractivity contribution is 0.0277. The van der Waals surface area contributed by atoms with Gasteiger partial charge in [0, 0.05) is 24.3 Å². The predicted octanol–water partition coefficient (Wildman–Crippen LogP) is 2.36. The van der Waals surface area contributed by atoms with Crippen LogP contribution in [0, 0.1) is 0 Å². The van der Waals surface area contributed by atoms with Crippen LogP contribution in [0.2, 0.25) is 0 Å². The average molecular weight is 265 g/mol. The molecule has 1 aromatic carbocycles. The third kappa shape index (κ3) is 3.39. The molecule has 1 fully saturated rings. The van der Waals surface area contributed by atoms with Crippen molar-refractivity contribution in [3.8, 4) is 11.5 Å². The van der Waals surface area contributed by atoms with Gasteiger partial charge in [-0.3, -0.25) is 0 Å². The van der Waals surface area contributed by atoms with Crippen LogP contribution in [0.25, 0.3) is 0 Å². The zero-order chi connectivity index (χ0) is 13.7. The number of hydrogen-bond acceptors (Lipinski definition) is 4. The molecular formula is C15H23NO3. The zero-order valence-electron chi connectivity index (χ0n) is 12.0. The minimum atomic E-state index is 0.0480. The van der Waals surface area contributed by atoms with Crippen molar-refractivity contribution in [1.82, 2.24) is 5.32 Å². The predicted molar refractivity (Wildman–Crippen MR) is 74.8 cm³/mol. The molecule has 1 N–H and O–H groups in total. The number of rotatable bonds is 5. The SMILES string of the molecule is COc1cccc(CNC2(C)CCCOC2)c1OC. The van der Waals surface area contributed by atoms with Gasteiger partial charge in [-0.2, -0.15) is 0 Å². The molecule has 0 aromatic heterocycles. The molecule has 1 aliphatic rings. The van der Waals surface area contributed by atoms with Crippen LogP contribution in [0.4, 0.5) is 0 Å². The maximum Gasteiger partial charge on any atom is 0.165 e. The van der Waals surface area contributed by atoms with Gasteiger partial charge in [0.1, 0.15) is 0 Å². The van der Waals surface area contributed by atoms with Crippen LogP contribution >= 0.6 is 0 Å². The zero-order valence-corrected chi connectivity index (χ0v) is 12.0. The van der Waals surface area contributed by atoms with E-state index in [0.29, 0.717) is 0 Å². The Labute approximate surface area is 115 Å². The van der Waals surface area contributed by atoms with Gasteiger partial charge in [0.2, 0.25) is 0 Å². The molecule has 2 rings (SSSR count). The van der Waals surface area contributed by atoms with Gasteiger partial charge in [-0.25, -0.2) is 0 Å². The Morgan fingerprint density at radius 1 is 1.32 bits per heavy atom. The first-order valence-electron chi connectivity index (χ1n) is 6.71. The van der Waals surface area contributed by atoms with Gasteiger partial charge >= 0.3 is 0 Å². The molecule has 1 heterocycles. The molecule has 4 nitrogen and oxygen atoms in total. The molecule has 0 amide bonds. The quantitative estimate of drug-likeness (QED) is 0.887. The third-order valence-electron chi connectivity index (χ3n) is 3.63. The Morgan fingerprint density at radius 3 is 2.79 bits per heavy atom. The highest BCUT2D eigenvalue weighted by Crippen LogP contribution is 2.31. The van der Waals surface area contributed by atoms with Crippen molar-refractivity contribution in [2.75, 3.05) is 27.4 Å². The lowest BCUT2D eigenvalue weighted by Crippen LogP contribution is -2.48. The van der Waals surface area contributed by atoms with Gasteiger partial charge in [0.05, 0.1) is 20.8 Å². The van der Waals surface area contributed by atoms with Gasteiger partial charge in [0.15, 0.2) is 11.5 Å². The number of hydrogen-bond donors (Lipinski definition) is 1. The molecule has 4 heteroatoms. The van der Waals surface area contributed by atoms with E-state index < -0.39 is 0 Å². The van der Waals surface area contributed by atoms with Crippen molar-refractivity contribution in [2.45, 2.75) is 31.8 Å². The van der Waals surface area contributed by atoms with Crippen LogP contribution in [0.1, 0.15) is 25.3 Å². The first-order chi connectivity index (χ1) is 9.18. The summed E-state index contributed by atoms with van der Waals surface area (Å²) in [4.78, 5) is 0. The fourth-order valence-electron chi connectivity index (χ4n) is 2.47. The second kappa shape index (κ2) is 6.26. The van der Waals surface area contributed by atoms with Crippen molar-refractivity contribution in [3.05, 3.63) is 23.8 Å². The lowest BCUT2D eigenvalue weighted by atomic mass is 9.94. The molecule has 19 heavy (non-hydrogen) atoms. The molecule has 1 aromatic rings. The fourth-order valence-corrected chi connectivity index (χ4v) is 2.47. The maximum absolute atomic E-state index is 5.56. The van der Waals surface area contributed by atoms with Crippen molar-refractivity contribution >= 4 is 0 Å². The van der Waals surface area contributed by atoms with Crippen molar-refractivity contribution < 1.29 is 14.2 Å². The standard InChI is InChI=1S/C15H23NO3/c1-15(8-5-9-19-11-15)16-10-12-6-4-7-13(17-2)14(12)18-3/h4,6-7,16H,5,8-11H2,1-3H3. The molecule has 0 bridgehead atoms. The molecule has 106 valence electrons. The van der Waals surface area contributed by atoms with E-state index in [1.54, 1.807) is 14.2 Å². The number of para-hydroxylation sites is 1. The number of ether oxygens (including phenoxy) is 3. The first kappa shape index (κ1) is 14.2. The van der Waals surface area contributed by atoms with Crippen LogP contribution in [0.5, 0.6) is 11.5 Å². The first-order valence-corrected chi connectivity index (χ1v) is 6.71. The summed E-state index contributed by atoms with van der Waals surface area (Å²) in [5.74, 6) is 1.57. The summed E-state index contributed by atoms with van der Waals surface area (Å²) in [6.07, 6.45) is 2.25. The molecule has 1 atom stereocenters. The Hall–Kier alpha value is -1.26. The van der Waals surface area contributed by atoms with Crippen LogP contribution in [0.15, 0.2) is 18.2 Å². The van der Waals surface area contributed by atoms with E-state index in [1.165, 1.54) is 0 Å². The lowest BCUT2D eigenvalue weighted by Gasteiger charge is -2.34. The van der Waals surface area contributed by atoms with E-state index in [-0.39, 0.29) is 5.54 Å². The maximum atomic E-state index is 5.56. The van der Waals surface area contributed by atoms with Gasteiger partial charge in [-0.15, -0.1) is 0 Å². The van der Waals surface area contributed by atoms with Crippen LogP contribution in [0.3, 0.4) is 0 Å². The summed E-state index contributed by atoms with van der Waals surface area (Å²) < 4.78 is 16.3. The molecule has 1 saturated heterocycles. The number of benzene rings is 1. The summed E-state index contributed by atoms with van der Waals surface area (Å²) in [6.45, 7) is 4.60. The van der Waals surface area contributed by atoms with E-state index in [4.69, 9.17) is 14.2 Å². The van der Waals surface area contributed by atoms with Crippen LogP contribution in [-0.4, -0.2) is 33.0 Å². The highest BCUT2D eigenvalue weighted by atomic mass is 16.5. The molecule has 1 aliphatic heterocycles. The Kier molecular flexibility index (Phi) is 4.66. The minimum Gasteiger partial charge on any atom is -0.493 e. The molecular weight excluding hydrogens is 242 g/mol. The monoisotopic (exact) mass is 265 g/mol. The number of nitrogens with one attached hydrogen (secondary N) is 1. The van der Waals surface area contributed by atoms with E-state index in [1.807, 2.05) is 12.1 Å². The van der Waals surface area contributed by atoms with Crippen LogP contribution in [-0.2, 0) is 11.3 Å².